The molecule has 0 atom stereocenters. The quantitative estimate of drug-likeness (QED) is 0.344. The average Bonchev–Trinajstić information content (AvgIpc) is 3.69. The fraction of sp³-hybridized carbons (Fsp3) is 0.222. The normalized spacial score (nSPS) is 13.6. The molecule has 0 amide bonds. The predicted octanol–water partition coefficient (Wildman–Crippen LogP) is 3.70. The van der Waals surface area contributed by atoms with E-state index in [1.54, 1.807) is 24.3 Å². The van der Waals surface area contributed by atoms with Crippen LogP contribution >= 0.6 is 0 Å². The highest BCUT2D eigenvalue weighted by molar-refractivity contribution is 5.77. The van der Waals surface area contributed by atoms with Crippen LogP contribution < -0.4 is 21.4 Å². The lowest BCUT2D eigenvalue weighted by molar-refractivity contribution is -0.144. The molecule has 0 saturated heterocycles. The van der Waals surface area contributed by atoms with Crippen LogP contribution in [0.4, 0.5) is 16.0 Å². The summed E-state index contributed by atoms with van der Waals surface area (Å²) in [6.07, 6.45) is 1.84. The van der Waals surface area contributed by atoms with Gasteiger partial charge in [0.15, 0.2) is 0 Å². The van der Waals surface area contributed by atoms with Crippen molar-refractivity contribution in [3.05, 3.63) is 105 Å². The number of nitrogens with one attached hydrogen (secondary N) is 1. The summed E-state index contributed by atoms with van der Waals surface area (Å²) in [5.74, 6) is -0.823. The summed E-state index contributed by atoms with van der Waals surface area (Å²) in [5, 5.41) is 12.6. The highest BCUT2D eigenvalue weighted by Gasteiger charge is 2.51. The van der Waals surface area contributed by atoms with E-state index < -0.39 is 28.6 Å². The molecule has 2 aromatic heterocycles. The number of carbonyl (C=O) groups is 1. The van der Waals surface area contributed by atoms with Gasteiger partial charge in [0.05, 0.1) is 18.2 Å². The van der Waals surface area contributed by atoms with Gasteiger partial charge in [0.1, 0.15) is 11.6 Å². The van der Waals surface area contributed by atoms with Crippen molar-refractivity contribution < 1.29 is 19.0 Å². The first kappa shape index (κ1) is 24.9. The topological polar surface area (TPSA) is 128 Å². The Kier molecular flexibility index (Phi) is 6.50. The first-order valence-corrected chi connectivity index (χ1v) is 11.9. The third-order valence-electron chi connectivity index (χ3n) is 6.41. The molecule has 5 rings (SSSR count). The molecular weight excluding hydrogens is 493 g/mol. The maximum absolute atomic E-state index is 13.5. The summed E-state index contributed by atoms with van der Waals surface area (Å²) >= 11 is 0. The number of hydrogen-bond donors (Lipinski definition) is 2. The van der Waals surface area contributed by atoms with Gasteiger partial charge in [-0.3, -0.25) is 9.36 Å². The Morgan fingerprint density at radius 3 is 2.37 bits per heavy atom. The Bertz CT molecular complexity index is 1590. The molecule has 0 spiro atoms. The van der Waals surface area contributed by atoms with Crippen LogP contribution in [0, 0.1) is 18.2 Å². The summed E-state index contributed by atoms with van der Waals surface area (Å²) in [6.45, 7) is 1.84. The minimum absolute atomic E-state index is 0.0193. The zero-order chi connectivity index (χ0) is 26.9. The number of carboxylic acids is 1. The van der Waals surface area contributed by atoms with E-state index in [0.717, 1.165) is 21.9 Å². The van der Waals surface area contributed by atoms with E-state index in [2.05, 4.69) is 15.3 Å². The summed E-state index contributed by atoms with van der Waals surface area (Å²) in [4.78, 5) is 46.0. The van der Waals surface area contributed by atoms with E-state index in [9.17, 15) is 23.9 Å². The minimum Gasteiger partial charge on any atom is -0.481 e. The number of rotatable bonds is 9. The van der Waals surface area contributed by atoms with Crippen LogP contribution in [0.25, 0.3) is 0 Å². The maximum Gasteiger partial charge on any atom is 0.354 e. The second kappa shape index (κ2) is 9.92. The van der Waals surface area contributed by atoms with Crippen molar-refractivity contribution in [2.24, 2.45) is 5.41 Å². The number of anilines is 2. The molecule has 4 aromatic rings. The molecule has 2 N–H and O–H groups in total. The second-order valence-electron chi connectivity index (χ2n) is 9.31. The van der Waals surface area contributed by atoms with Crippen molar-refractivity contribution in [3.8, 4) is 11.6 Å². The summed E-state index contributed by atoms with van der Waals surface area (Å²) in [5.41, 5.74) is -0.206. The number of carboxylic acid groups (broad SMARTS) is 1. The van der Waals surface area contributed by atoms with Gasteiger partial charge in [-0.05, 0) is 55.7 Å². The number of benzene rings is 2. The van der Waals surface area contributed by atoms with Crippen LogP contribution in [0.1, 0.15) is 24.0 Å². The van der Waals surface area contributed by atoms with Gasteiger partial charge in [-0.1, -0.05) is 29.8 Å². The molecule has 1 fully saturated rings. The van der Waals surface area contributed by atoms with Crippen LogP contribution in [0.15, 0.2) is 76.4 Å². The van der Waals surface area contributed by atoms with Crippen molar-refractivity contribution in [2.45, 2.75) is 32.9 Å². The number of pyridine rings is 1. The summed E-state index contributed by atoms with van der Waals surface area (Å²) in [6, 6.07) is 16.8. The van der Waals surface area contributed by atoms with Crippen molar-refractivity contribution in [1.82, 2.24) is 19.1 Å². The number of halogens is 1. The lowest BCUT2D eigenvalue weighted by Crippen LogP contribution is -2.45. The lowest BCUT2D eigenvalue weighted by atomic mass is 10.1. The highest BCUT2D eigenvalue weighted by atomic mass is 19.1. The van der Waals surface area contributed by atoms with Crippen LogP contribution in [0.3, 0.4) is 0 Å². The van der Waals surface area contributed by atoms with Crippen LogP contribution in [-0.4, -0.2) is 30.2 Å². The Labute approximate surface area is 216 Å². The number of nitrogens with zero attached hydrogens (tertiary/aromatic N) is 4. The van der Waals surface area contributed by atoms with Gasteiger partial charge >= 0.3 is 17.3 Å². The van der Waals surface area contributed by atoms with E-state index in [0.29, 0.717) is 24.3 Å². The molecule has 1 saturated carbocycles. The molecule has 2 heterocycles. The Morgan fingerprint density at radius 1 is 1.05 bits per heavy atom. The SMILES string of the molecule is Cc1ccc(Cn2c(Nc3ccc(Oc4ccc(F)cn4)cc3)nc(=O)n(CC3(C(=O)O)CC3)c2=O)cc1. The fourth-order valence-electron chi connectivity index (χ4n) is 3.95. The van der Waals surface area contributed by atoms with Crippen molar-refractivity contribution in [1.29, 1.82) is 0 Å². The number of ether oxygens (including phenoxy) is 1. The molecule has 1 aliphatic carbocycles. The number of aromatic nitrogens is 4. The fourth-order valence-corrected chi connectivity index (χ4v) is 3.95. The van der Waals surface area contributed by atoms with Gasteiger partial charge in [0, 0.05) is 18.3 Å². The van der Waals surface area contributed by atoms with E-state index in [4.69, 9.17) is 4.74 Å². The first-order valence-electron chi connectivity index (χ1n) is 11.9. The van der Waals surface area contributed by atoms with Gasteiger partial charge in [0.2, 0.25) is 11.8 Å². The molecular formula is C27H24FN5O5. The van der Waals surface area contributed by atoms with Gasteiger partial charge < -0.3 is 15.2 Å². The molecule has 11 heteroatoms. The van der Waals surface area contributed by atoms with Gasteiger partial charge in [-0.2, -0.15) is 4.98 Å². The molecule has 1 aliphatic rings. The molecule has 2 aromatic carbocycles. The second-order valence-corrected chi connectivity index (χ2v) is 9.31. The van der Waals surface area contributed by atoms with Crippen molar-refractivity contribution in [3.63, 3.8) is 0 Å². The van der Waals surface area contributed by atoms with Crippen LogP contribution in [0.2, 0.25) is 0 Å². The van der Waals surface area contributed by atoms with Crippen molar-refractivity contribution in [2.75, 3.05) is 5.32 Å². The molecule has 38 heavy (non-hydrogen) atoms. The zero-order valence-corrected chi connectivity index (χ0v) is 20.4. The average molecular weight is 518 g/mol. The Morgan fingerprint density at radius 2 is 1.76 bits per heavy atom. The monoisotopic (exact) mass is 517 g/mol. The van der Waals surface area contributed by atoms with Crippen LogP contribution in [0.5, 0.6) is 11.6 Å². The van der Waals surface area contributed by atoms with Gasteiger partial charge in [-0.15, -0.1) is 0 Å². The number of aliphatic carboxylic acids is 1. The maximum atomic E-state index is 13.5. The third-order valence-corrected chi connectivity index (χ3v) is 6.41. The molecule has 10 nitrogen and oxygen atoms in total. The number of hydrogen-bond acceptors (Lipinski definition) is 7. The lowest BCUT2D eigenvalue weighted by Gasteiger charge is -2.17. The molecule has 0 radical (unpaired) electrons. The standard InChI is InChI=1S/C27H24FN5O5/c1-17-2-4-18(5-3-17)15-32-24(31-25(36)33(26(32)37)16-27(12-13-27)23(34)35)30-20-7-9-21(10-8-20)38-22-11-6-19(28)14-29-22/h2-11,14H,12-13,15-16H2,1H3,(H,34,35)(H,30,31,36). The largest absolute Gasteiger partial charge is 0.481 e. The van der Waals surface area contributed by atoms with Crippen molar-refractivity contribution >= 4 is 17.6 Å². The van der Waals surface area contributed by atoms with E-state index >= 15 is 0 Å². The number of aryl methyl sites for hydroxylation is 1. The molecule has 0 unspecified atom stereocenters. The first-order chi connectivity index (χ1) is 18.2. The molecule has 0 aliphatic heterocycles. The highest BCUT2D eigenvalue weighted by Crippen LogP contribution is 2.46. The summed E-state index contributed by atoms with van der Waals surface area (Å²) in [7, 11) is 0. The zero-order valence-electron chi connectivity index (χ0n) is 20.4. The smallest absolute Gasteiger partial charge is 0.354 e. The van der Waals surface area contributed by atoms with E-state index in [1.807, 2.05) is 31.2 Å². The third kappa shape index (κ3) is 5.31. The van der Waals surface area contributed by atoms with E-state index in [-0.39, 0.29) is 24.9 Å². The van der Waals surface area contributed by atoms with Crippen LogP contribution in [-0.2, 0) is 17.9 Å². The molecule has 0 bridgehead atoms. The Balaban J connectivity index is 1.45. The predicted molar refractivity (Wildman–Crippen MR) is 136 cm³/mol. The van der Waals surface area contributed by atoms with E-state index in [1.165, 1.54) is 16.7 Å². The minimum atomic E-state index is -1.11. The summed E-state index contributed by atoms with van der Waals surface area (Å²) < 4.78 is 20.9. The Hall–Kier alpha value is -4.80. The molecule has 194 valence electrons. The van der Waals surface area contributed by atoms with Gasteiger partial charge in [0.25, 0.3) is 0 Å². The van der Waals surface area contributed by atoms with Gasteiger partial charge in [-0.25, -0.2) is 23.5 Å².